The van der Waals surface area contributed by atoms with E-state index in [1.54, 1.807) is 23.6 Å². The zero-order valence-corrected chi connectivity index (χ0v) is 14.0. The van der Waals surface area contributed by atoms with E-state index in [0.717, 1.165) is 18.0 Å². The van der Waals surface area contributed by atoms with Crippen LogP contribution in [0.1, 0.15) is 11.8 Å². The van der Waals surface area contributed by atoms with Gasteiger partial charge in [-0.1, -0.05) is 6.07 Å². The Morgan fingerprint density at radius 2 is 2.13 bits per heavy atom. The molecule has 3 rings (SSSR count). The Morgan fingerprint density at radius 1 is 1.30 bits per heavy atom. The molecule has 1 aliphatic rings. The fourth-order valence-corrected chi connectivity index (χ4v) is 3.24. The first kappa shape index (κ1) is 15.7. The third-order valence-corrected chi connectivity index (χ3v) is 4.61. The number of amides is 1. The summed E-state index contributed by atoms with van der Waals surface area (Å²) in [5.41, 5.74) is 0. The highest BCUT2D eigenvalue weighted by atomic mass is 32.1. The average molecular weight is 332 g/mol. The first-order valence-corrected chi connectivity index (χ1v) is 8.65. The van der Waals surface area contributed by atoms with Gasteiger partial charge in [-0.3, -0.25) is 4.79 Å². The van der Waals surface area contributed by atoms with Crippen molar-refractivity contribution < 1.29 is 9.53 Å². The van der Waals surface area contributed by atoms with Crippen LogP contribution in [0.3, 0.4) is 0 Å². The Bertz CT molecular complexity index is 639. The number of ether oxygens (including phenoxy) is 1. The number of piperazine rings is 1. The SMILES string of the molecule is CCOc1ccnc(N2CCN(C(=O)Cc3cccs3)CC2)n1. The number of hydrogen-bond donors (Lipinski definition) is 0. The van der Waals surface area contributed by atoms with Crippen LogP contribution in [0.5, 0.6) is 5.88 Å². The molecule has 3 heterocycles. The standard InChI is InChI=1S/C16H20N4O2S/c1-2-22-14-5-6-17-16(18-14)20-9-7-19(8-10-20)15(21)12-13-4-3-11-23-13/h3-6,11H,2,7-10,12H2,1H3. The Kier molecular flexibility index (Phi) is 5.07. The molecule has 1 saturated heterocycles. The number of carbonyl (C=O) groups excluding carboxylic acids is 1. The van der Waals surface area contributed by atoms with Crippen molar-refractivity contribution in [2.45, 2.75) is 13.3 Å². The summed E-state index contributed by atoms with van der Waals surface area (Å²) in [7, 11) is 0. The van der Waals surface area contributed by atoms with Crippen LogP contribution in [0.4, 0.5) is 5.95 Å². The molecule has 1 amide bonds. The first-order valence-electron chi connectivity index (χ1n) is 7.77. The Balaban J connectivity index is 1.55. The van der Waals surface area contributed by atoms with Gasteiger partial charge in [-0.2, -0.15) is 4.98 Å². The fraction of sp³-hybridized carbons (Fsp3) is 0.438. The van der Waals surface area contributed by atoms with Crippen molar-refractivity contribution >= 4 is 23.2 Å². The summed E-state index contributed by atoms with van der Waals surface area (Å²) in [4.78, 5) is 26.2. The maximum atomic E-state index is 12.3. The third kappa shape index (κ3) is 3.98. The number of anilines is 1. The molecule has 1 aliphatic heterocycles. The van der Waals surface area contributed by atoms with Crippen molar-refractivity contribution in [3.63, 3.8) is 0 Å². The van der Waals surface area contributed by atoms with E-state index in [-0.39, 0.29) is 5.91 Å². The molecule has 23 heavy (non-hydrogen) atoms. The predicted molar refractivity (Wildman–Crippen MR) is 90.0 cm³/mol. The molecule has 0 bridgehead atoms. The van der Waals surface area contributed by atoms with Crippen molar-refractivity contribution in [1.29, 1.82) is 0 Å². The molecule has 0 spiro atoms. The van der Waals surface area contributed by atoms with Gasteiger partial charge in [0.05, 0.1) is 13.0 Å². The molecule has 1 fully saturated rings. The Morgan fingerprint density at radius 3 is 2.83 bits per heavy atom. The zero-order chi connectivity index (χ0) is 16.1. The van der Waals surface area contributed by atoms with Crippen molar-refractivity contribution in [3.8, 4) is 5.88 Å². The lowest BCUT2D eigenvalue weighted by Crippen LogP contribution is -2.49. The summed E-state index contributed by atoms with van der Waals surface area (Å²) in [6.07, 6.45) is 2.20. The summed E-state index contributed by atoms with van der Waals surface area (Å²) in [5.74, 6) is 1.45. The van der Waals surface area contributed by atoms with Gasteiger partial charge in [-0.15, -0.1) is 11.3 Å². The van der Waals surface area contributed by atoms with Gasteiger partial charge in [0.15, 0.2) is 0 Å². The summed E-state index contributed by atoms with van der Waals surface area (Å²) in [6.45, 7) is 5.40. The molecule has 0 atom stereocenters. The summed E-state index contributed by atoms with van der Waals surface area (Å²) in [5, 5.41) is 2.00. The zero-order valence-electron chi connectivity index (χ0n) is 13.1. The molecule has 0 saturated carbocycles. The van der Waals surface area contributed by atoms with E-state index >= 15 is 0 Å². The van der Waals surface area contributed by atoms with Gasteiger partial charge in [-0.25, -0.2) is 4.98 Å². The molecule has 0 aromatic carbocycles. The molecule has 7 heteroatoms. The number of nitrogens with zero attached hydrogens (tertiary/aromatic N) is 4. The highest BCUT2D eigenvalue weighted by molar-refractivity contribution is 7.10. The molecular formula is C16H20N4O2S. The first-order chi connectivity index (χ1) is 11.3. The molecule has 6 nitrogen and oxygen atoms in total. The molecule has 0 unspecified atom stereocenters. The van der Waals surface area contributed by atoms with Crippen LogP contribution in [0.2, 0.25) is 0 Å². The molecular weight excluding hydrogens is 312 g/mol. The van der Waals surface area contributed by atoms with Crippen molar-refractivity contribution in [3.05, 3.63) is 34.7 Å². The van der Waals surface area contributed by atoms with Gasteiger partial charge in [0.1, 0.15) is 0 Å². The number of rotatable bonds is 5. The van der Waals surface area contributed by atoms with Crippen LogP contribution in [0.15, 0.2) is 29.8 Å². The van der Waals surface area contributed by atoms with E-state index in [0.29, 0.717) is 37.9 Å². The minimum Gasteiger partial charge on any atom is -0.478 e. The monoisotopic (exact) mass is 332 g/mol. The fourth-order valence-electron chi connectivity index (χ4n) is 2.54. The van der Waals surface area contributed by atoms with Gasteiger partial charge < -0.3 is 14.5 Å². The predicted octanol–water partition coefficient (Wildman–Crippen LogP) is 1.83. The van der Waals surface area contributed by atoms with E-state index in [1.165, 1.54) is 0 Å². The van der Waals surface area contributed by atoms with E-state index in [2.05, 4.69) is 14.9 Å². The van der Waals surface area contributed by atoms with Gasteiger partial charge in [0.25, 0.3) is 0 Å². The lowest BCUT2D eigenvalue weighted by Gasteiger charge is -2.34. The highest BCUT2D eigenvalue weighted by Crippen LogP contribution is 2.16. The van der Waals surface area contributed by atoms with E-state index < -0.39 is 0 Å². The van der Waals surface area contributed by atoms with E-state index in [1.807, 2.05) is 29.3 Å². The van der Waals surface area contributed by atoms with Crippen LogP contribution >= 0.6 is 11.3 Å². The van der Waals surface area contributed by atoms with Crippen LogP contribution in [-0.4, -0.2) is 53.6 Å². The molecule has 0 N–H and O–H groups in total. The van der Waals surface area contributed by atoms with Crippen LogP contribution in [0.25, 0.3) is 0 Å². The highest BCUT2D eigenvalue weighted by Gasteiger charge is 2.23. The Hall–Kier alpha value is -2.15. The van der Waals surface area contributed by atoms with Crippen molar-refractivity contribution in [2.24, 2.45) is 0 Å². The van der Waals surface area contributed by atoms with Crippen molar-refractivity contribution in [2.75, 3.05) is 37.7 Å². The van der Waals surface area contributed by atoms with Crippen LogP contribution in [0, 0.1) is 0 Å². The second-order valence-corrected chi connectivity index (χ2v) is 6.28. The van der Waals surface area contributed by atoms with Crippen molar-refractivity contribution in [1.82, 2.24) is 14.9 Å². The maximum absolute atomic E-state index is 12.3. The second-order valence-electron chi connectivity index (χ2n) is 5.25. The van der Waals surface area contributed by atoms with Gasteiger partial charge in [-0.05, 0) is 18.4 Å². The molecule has 0 radical (unpaired) electrons. The molecule has 0 aliphatic carbocycles. The minimum atomic E-state index is 0.191. The lowest BCUT2D eigenvalue weighted by molar-refractivity contribution is -0.130. The second kappa shape index (κ2) is 7.41. The average Bonchev–Trinajstić information content (AvgIpc) is 3.08. The van der Waals surface area contributed by atoms with Crippen LogP contribution in [-0.2, 0) is 11.2 Å². The summed E-state index contributed by atoms with van der Waals surface area (Å²) in [6, 6.07) is 5.74. The Labute approximate surface area is 139 Å². The van der Waals surface area contributed by atoms with Gasteiger partial charge in [0, 0.05) is 43.3 Å². The van der Waals surface area contributed by atoms with E-state index in [9.17, 15) is 4.79 Å². The number of hydrogen-bond acceptors (Lipinski definition) is 6. The van der Waals surface area contributed by atoms with Gasteiger partial charge >= 0.3 is 0 Å². The number of aromatic nitrogens is 2. The summed E-state index contributed by atoms with van der Waals surface area (Å²) < 4.78 is 5.41. The number of thiophene rings is 1. The molecule has 122 valence electrons. The molecule has 2 aromatic heterocycles. The quantitative estimate of drug-likeness (QED) is 0.836. The normalized spacial score (nSPS) is 14.8. The smallest absolute Gasteiger partial charge is 0.228 e. The number of carbonyl (C=O) groups is 1. The third-order valence-electron chi connectivity index (χ3n) is 3.73. The lowest BCUT2D eigenvalue weighted by atomic mass is 10.2. The summed E-state index contributed by atoms with van der Waals surface area (Å²) >= 11 is 1.63. The maximum Gasteiger partial charge on any atom is 0.228 e. The van der Waals surface area contributed by atoms with Crippen LogP contribution < -0.4 is 9.64 Å². The van der Waals surface area contributed by atoms with E-state index in [4.69, 9.17) is 4.74 Å². The largest absolute Gasteiger partial charge is 0.478 e. The minimum absolute atomic E-state index is 0.191. The topological polar surface area (TPSA) is 58.6 Å². The molecule has 2 aromatic rings. The van der Waals surface area contributed by atoms with Gasteiger partial charge in [0.2, 0.25) is 17.7 Å².